The number of nitrogens with one attached hydrogen (secondary N) is 1. The molecule has 0 unspecified atom stereocenters. The molecule has 0 aliphatic carbocycles. The maximum Gasteiger partial charge on any atom is 0.222 e. The SMILES string of the molecule is Cc1ccc(CS(=O)(=O)N2CCNC(=O)C[C@H]2c2ccccc2)cc1C. The molecule has 1 aliphatic heterocycles. The molecule has 1 N–H and O–H groups in total. The third kappa shape index (κ3) is 4.14. The first kappa shape index (κ1) is 18.6. The second-order valence-corrected chi connectivity index (χ2v) is 8.69. The second-order valence-electron chi connectivity index (χ2n) is 6.77. The number of sulfonamides is 1. The molecule has 26 heavy (non-hydrogen) atoms. The summed E-state index contributed by atoms with van der Waals surface area (Å²) in [6.45, 7) is 4.59. The number of hydrogen-bond donors (Lipinski definition) is 1. The molecule has 3 rings (SSSR count). The number of nitrogens with zero attached hydrogens (tertiary/aromatic N) is 1. The highest BCUT2D eigenvalue weighted by Crippen LogP contribution is 2.29. The lowest BCUT2D eigenvalue weighted by atomic mass is 10.0. The van der Waals surface area contributed by atoms with Crippen molar-refractivity contribution < 1.29 is 13.2 Å². The van der Waals surface area contributed by atoms with Gasteiger partial charge in [0.1, 0.15) is 0 Å². The van der Waals surface area contributed by atoms with Crippen LogP contribution in [0.15, 0.2) is 48.5 Å². The van der Waals surface area contributed by atoms with Crippen molar-refractivity contribution in [3.8, 4) is 0 Å². The normalized spacial score (nSPS) is 19.0. The molecule has 0 aromatic heterocycles. The van der Waals surface area contributed by atoms with Crippen LogP contribution in [0.25, 0.3) is 0 Å². The summed E-state index contributed by atoms with van der Waals surface area (Å²) in [5.74, 6) is -0.186. The van der Waals surface area contributed by atoms with Gasteiger partial charge >= 0.3 is 0 Å². The Kier molecular flexibility index (Phi) is 5.44. The Labute approximate surface area is 155 Å². The fourth-order valence-corrected chi connectivity index (χ4v) is 5.01. The van der Waals surface area contributed by atoms with Gasteiger partial charge in [-0.1, -0.05) is 48.5 Å². The van der Waals surface area contributed by atoms with Crippen LogP contribution in [0.4, 0.5) is 0 Å². The molecule has 2 aromatic rings. The molecule has 0 spiro atoms. The lowest BCUT2D eigenvalue weighted by molar-refractivity contribution is -0.121. The summed E-state index contributed by atoms with van der Waals surface area (Å²) >= 11 is 0. The Morgan fingerprint density at radius 3 is 2.50 bits per heavy atom. The quantitative estimate of drug-likeness (QED) is 0.897. The maximum atomic E-state index is 13.2. The van der Waals surface area contributed by atoms with Gasteiger partial charge < -0.3 is 5.32 Å². The molecule has 1 aliphatic rings. The molecule has 1 saturated heterocycles. The molecule has 1 heterocycles. The van der Waals surface area contributed by atoms with Crippen LogP contribution in [0.3, 0.4) is 0 Å². The van der Waals surface area contributed by atoms with E-state index in [0.717, 1.165) is 22.3 Å². The highest BCUT2D eigenvalue weighted by atomic mass is 32.2. The molecular weight excluding hydrogens is 348 g/mol. The molecule has 1 fully saturated rings. The molecule has 5 nitrogen and oxygen atoms in total. The summed E-state index contributed by atoms with van der Waals surface area (Å²) in [6.07, 6.45) is 0.135. The average molecular weight is 372 g/mol. The highest BCUT2D eigenvalue weighted by molar-refractivity contribution is 7.88. The van der Waals surface area contributed by atoms with Crippen LogP contribution in [-0.4, -0.2) is 31.7 Å². The zero-order valence-corrected chi connectivity index (χ0v) is 15.9. The number of carbonyl (C=O) groups excluding carboxylic acids is 1. The largest absolute Gasteiger partial charge is 0.355 e. The van der Waals surface area contributed by atoms with E-state index < -0.39 is 16.1 Å². The molecule has 0 saturated carbocycles. The number of aryl methyl sites for hydroxylation is 2. The van der Waals surface area contributed by atoms with Crippen LogP contribution in [0.1, 0.15) is 34.7 Å². The van der Waals surface area contributed by atoms with Crippen LogP contribution in [0.2, 0.25) is 0 Å². The van der Waals surface area contributed by atoms with Crippen molar-refractivity contribution in [1.82, 2.24) is 9.62 Å². The highest BCUT2D eigenvalue weighted by Gasteiger charge is 2.34. The number of amides is 1. The monoisotopic (exact) mass is 372 g/mol. The van der Waals surface area contributed by atoms with Gasteiger partial charge in [0, 0.05) is 19.5 Å². The first-order valence-electron chi connectivity index (χ1n) is 8.74. The summed E-state index contributed by atoms with van der Waals surface area (Å²) < 4.78 is 27.8. The van der Waals surface area contributed by atoms with Crippen LogP contribution < -0.4 is 5.32 Å². The van der Waals surface area contributed by atoms with Crippen molar-refractivity contribution in [3.05, 3.63) is 70.8 Å². The third-order valence-corrected chi connectivity index (χ3v) is 6.69. The van der Waals surface area contributed by atoms with E-state index in [1.165, 1.54) is 4.31 Å². The molecule has 138 valence electrons. The van der Waals surface area contributed by atoms with E-state index in [-0.39, 0.29) is 24.6 Å². The van der Waals surface area contributed by atoms with Gasteiger partial charge in [-0.3, -0.25) is 4.79 Å². The van der Waals surface area contributed by atoms with E-state index in [9.17, 15) is 13.2 Å². The van der Waals surface area contributed by atoms with E-state index in [0.29, 0.717) is 6.54 Å². The summed E-state index contributed by atoms with van der Waals surface area (Å²) in [6, 6.07) is 14.6. The van der Waals surface area contributed by atoms with Crippen molar-refractivity contribution >= 4 is 15.9 Å². The van der Waals surface area contributed by atoms with Gasteiger partial charge in [0.15, 0.2) is 0 Å². The van der Waals surface area contributed by atoms with E-state index in [4.69, 9.17) is 0 Å². The van der Waals surface area contributed by atoms with Crippen molar-refractivity contribution in [1.29, 1.82) is 0 Å². The molecular formula is C20H24N2O3S. The van der Waals surface area contributed by atoms with Gasteiger partial charge in [-0.15, -0.1) is 0 Å². The van der Waals surface area contributed by atoms with Gasteiger partial charge in [-0.25, -0.2) is 8.42 Å². The molecule has 1 atom stereocenters. The first-order valence-corrected chi connectivity index (χ1v) is 10.3. The maximum absolute atomic E-state index is 13.2. The molecule has 2 aromatic carbocycles. The van der Waals surface area contributed by atoms with Gasteiger partial charge in [-0.2, -0.15) is 4.31 Å². The number of hydrogen-bond acceptors (Lipinski definition) is 3. The average Bonchev–Trinajstić information content (AvgIpc) is 2.81. The summed E-state index contributed by atoms with van der Waals surface area (Å²) in [7, 11) is -3.57. The predicted molar refractivity (Wildman–Crippen MR) is 102 cm³/mol. The minimum Gasteiger partial charge on any atom is -0.355 e. The minimum absolute atomic E-state index is 0.0638. The summed E-state index contributed by atoms with van der Waals surface area (Å²) in [5.41, 5.74) is 3.82. The van der Waals surface area contributed by atoms with Gasteiger partial charge in [0.25, 0.3) is 0 Å². The van der Waals surface area contributed by atoms with Crippen LogP contribution in [0, 0.1) is 13.8 Å². The Bertz CT molecular complexity index is 895. The lowest BCUT2D eigenvalue weighted by Crippen LogP contribution is -2.37. The van der Waals surface area contributed by atoms with Crippen LogP contribution in [-0.2, 0) is 20.6 Å². The Balaban J connectivity index is 1.93. The van der Waals surface area contributed by atoms with Gasteiger partial charge in [-0.05, 0) is 36.1 Å². The van der Waals surface area contributed by atoms with Gasteiger partial charge in [0.05, 0.1) is 11.8 Å². The molecule has 1 amide bonds. The third-order valence-electron chi connectivity index (χ3n) is 4.84. The van der Waals surface area contributed by atoms with Crippen LogP contribution >= 0.6 is 0 Å². The van der Waals surface area contributed by atoms with Crippen molar-refractivity contribution in [2.24, 2.45) is 0 Å². The zero-order chi connectivity index (χ0) is 18.7. The standard InChI is InChI=1S/C20H24N2O3S/c1-15-8-9-17(12-16(15)2)14-26(24,25)22-11-10-21-20(23)13-19(22)18-6-4-3-5-7-18/h3-9,12,19H,10-11,13-14H2,1-2H3,(H,21,23)/t19-/m0/s1. The molecule has 0 radical (unpaired) electrons. The number of carbonyl (C=O) groups is 1. The Morgan fingerprint density at radius 1 is 1.08 bits per heavy atom. The predicted octanol–water partition coefficient (Wildman–Crippen LogP) is 2.70. The lowest BCUT2D eigenvalue weighted by Gasteiger charge is -2.28. The molecule has 0 bridgehead atoms. The van der Waals surface area contributed by atoms with E-state index in [1.807, 2.05) is 62.4 Å². The molecule has 6 heteroatoms. The fraction of sp³-hybridized carbons (Fsp3) is 0.350. The number of benzene rings is 2. The van der Waals surface area contributed by atoms with E-state index >= 15 is 0 Å². The van der Waals surface area contributed by atoms with Crippen molar-refractivity contribution in [2.75, 3.05) is 13.1 Å². The van der Waals surface area contributed by atoms with Crippen molar-refractivity contribution in [2.45, 2.75) is 32.1 Å². The number of rotatable bonds is 4. The first-order chi connectivity index (χ1) is 12.4. The van der Waals surface area contributed by atoms with Crippen LogP contribution in [0.5, 0.6) is 0 Å². The summed E-state index contributed by atoms with van der Waals surface area (Å²) in [5, 5.41) is 2.78. The minimum atomic E-state index is -3.57. The fourth-order valence-electron chi connectivity index (χ4n) is 3.29. The smallest absolute Gasteiger partial charge is 0.222 e. The van der Waals surface area contributed by atoms with Crippen molar-refractivity contribution in [3.63, 3.8) is 0 Å². The zero-order valence-electron chi connectivity index (χ0n) is 15.1. The van der Waals surface area contributed by atoms with E-state index in [2.05, 4.69) is 5.32 Å². The van der Waals surface area contributed by atoms with E-state index in [1.54, 1.807) is 0 Å². The Hall–Kier alpha value is -2.18. The Morgan fingerprint density at radius 2 is 1.81 bits per heavy atom. The second kappa shape index (κ2) is 7.60. The van der Waals surface area contributed by atoms with Gasteiger partial charge in [0.2, 0.25) is 15.9 Å². The topological polar surface area (TPSA) is 66.5 Å². The summed E-state index contributed by atoms with van der Waals surface area (Å²) in [4.78, 5) is 12.0.